The van der Waals surface area contributed by atoms with Crippen molar-refractivity contribution in [2.45, 2.75) is 49.1 Å². The van der Waals surface area contributed by atoms with Gasteiger partial charge in [-0.2, -0.15) is 0 Å². The van der Waals surface area contributed by atoms with Gasteiger partial charge in [-0.15, -0.1) is 0 Å². The maximum atomic E-state index is 15.3. The number of urea groups is 1. The third-order valence-electron chi connectivity index (χ3n) is 6.11. The minimum Gasteiger partial charge on any atom is -0.434 e. The molecule has 2 fully saturated rings. The van der Waals surface area contributed by atoms with E-state index in [9.17, 15) is 13.2 Å². The molecular weight excluding hydrogens is 497 g/mol. The minimum atomic E-state index is -4.02. The van der Waals surface area contributed by atoms with Crippen LogP contribution in [0.3, 0.4) is 0 Å². The number of sulfonamides is 1. The number of pyridine rings is 1. The van der Waals surface area contributed by atoms with Crippen LogP contribution in [-0.2, 0) is 23.0 Å². The summed E-state index contributed by atoms with van der Waals surface area (Å²) in [5.74, 6) is -4.72. The Hall–Kier alpha value is -2.57. The Kier molecular flexibility index (Phi) is 5.64. The second-order valence-corrected chi connectivity index (χ2v) is 11.0. The molecular formula is C21H20ClF3N4O4S. The Morgan fingerprint density at radius 2 is 2.00 bits per heavy atom. The van der Waals surface area contributed by atoms with Crippen LogP contribution < -0.4 is 14.8 Å². The highest BCUT2D eigenvalue weighted by Gasteiger charge is 2.58. The number of rotatable bonds is 3. The molecule has 1 aromatic heterocycles. The topological polar surface area (TPSA) is 101 Å². The minimum absolute atomic E-state index is 0.0276. The van der Waals surface area contributed by atoms with Crippen LogP contribution in [0.15, 0.2) is 30.3 Å². The first-order valence-corrected chi connectivity index (χ1v) is 12.5. The normalized spacial score (nSPS) is 24.2. The van der Waals surface area contributed by atoms with Crippen molar-refractivity contribution >= 4 is 27.7 Å². The van der Waals surface area contributed by atoms with E-state index in [2.05, 4.69) is 15.0 Å². The van der Waals surface area contributed by atoms with E-state index in [4.69, 9.17) is 16.3 Å². The van der Waals surface area contributed by atoms with Crippen molar-refractivity contribution < 1.29 is 31.1 Å². The van der Waals surface area contributed by atoms with E-state index in [1.54, 1.807) is 0 Å². The third-order valence-corrected chi connectivity index (χ3v) is 8.33. The third kappa shape index (κ3) is 4.29. The summed E-state index contributed by atoms with van der Waals surface area (Å²) in [6.45, 7) is -1.17. The number of aromatic nitrogens is 1. The largest absolute Gasteiger partial charge is 0.434 e. The molecule has 1 aliphatic carbocycles. The fraction of sp³-hybridized carbons (Fsp3) is 0.429. The summed E-state index contributed by atoms with van der Waals surface area (Å²) in [5, 5.41) is 1.90. The highest BCUT2D eigenvalue weighted by molar-refractivity contribution is 7.90. The van der Waals surface area contributed by atoms with Crippen LogP contribution in [0.1, 0.15) is 24.1 Å². The van der Waals surface area contributed by atoms with Gasteiger partial charge in [-0.25, -0.2) is 36.1 Å². The lowest BCUT2D eigenvalue weighted by molar-refractivity contribution is -0.00458. The van der Waals surface area contributed by atoms with Crippen molar-refractivity contribution in [1.29, 1.82) is 0 Å². The summed E-state index contributed by atoms with van der Waals surface area (Å²) in [5.41, 5.74) is 0.275. The number of nitrogens with zero attached hydrogens (tertiary/aromatic N) is 2. The first kappa shape index (κ1) is 23.2. The average molecular weight is 517 g/mol. The maximum absolute atomic E-state index is 15.3. The fourth-order valence-electron chi connectivity index (χ4n) is 4.19. The number of benzene rings is 1. The van der Waals surface area contributed by atoms with Crippen molar-refractivity contribution in [2.24, 2.45) is 0 Å². The number of nitrogens with one attached hydrogen (secondary N) is 2. The molecule has 3 aliphatic rings. The fourth-order valence-corrected chi connectivity index (χ4v) is 5.97. The lowest BCUT2D eigenvalue weighted by Crippen LogP contribution is -2.53. The van der Waals surface area contributed by atoms with E-state index < -0.39 is 51.7 Å². The molecule has 1 saturated heterocycles. The van der Waals surface area contributed by atoms with Crippen molar-refractivity contribution in [1.82, 2.24) is 19.9 Å². The highest BCUT2D eigenvalue weighted by Crippen LogP contribution is 2.38. The Morgan fingerprint density at radius 3 is 2.74 bits per heavy atom. The second kappa shape index (κ2) is 8.28. The van der Waals surface area contributed by atoms with Gasteiger partial charge in [-0.05, 0) is 43.0 Å². The lowest BCUT2D eigenvalue weighted by Gasteiger charge is -2.28. The highest BCUT2D eigenvalue weighted by atomic mass is 35.5. The Labute approximate surface area is 198 Å². The van der Waals surface area contributed by atoms with Crippen molar-refractivity contribution in [2.75, 3.05) is 6.54 Å². The SMILES string of the molecule is O=C1NCc2ccc(Cl)c(n2)Oc2cccc(c2F)C[C@H]2[C@@H](NS(=O)(=O)C3CC3)C(F)(F)CN12. The molecule has 1 saturated carbocycles. The van der Waals surface area contributed by atoms with Crippen LogP contribution in [0, 0.1) is 5.82 Å². The first-order valence-electron chi connectivity index (χ1n) is 10.6. The Bertz CT molecular complexity index is 1260. The van der Waals surface area contributed by atoms with Gasteiger partial charge in [0.1, 0.15) is 11.1 Å². The number of hydrogen-bond acceptors (Lipinski definition) is 5. The van der Waals surface area contributed by atoms with Gasteiger partial charge in [0.25, 0.3) is 5.92 Å². The van der Waals surface area contributed by atoms with Gasteiger partial charge in [0.15, 0.2) is 11.6 Å². The molecule has 0 spiro atoms. The molecule has 4 bridgehead atoms. The van der Waals surface area contributed by atoms with Crippen LogP contribution in [-0.4, -0.2) is 54.1 Å². The van der Waals surface area contributed by atoms with Gasteiger partial charge < -0.3 is 15.0 Å². The molecule has 13 heteroatoms. The van der Waals surface area contributed by atoms with E-state index in [1.807, 2.05) is 0 Å². The van der Waals surface area contributed by atoms with E-state index in [1.165, 1.54) is 30.3 Å². The zero-order valence-corrected chi connectivity index (χ0v) is 19.2. The summed E-state index contributed by atoms with van der Waals surface area (Å²) >= 11 is 6.11. The molecule has 2 aromatic rings. The summed E-state index contributed by atoms with van der Waals surface area (Å²) in [6.07, 6.45) is 0.387. The molecule has 34 heavy (non-hydrogen) atoms. The predicted molar refractivity (Wildman–Crippen MR) is 116 cm³/mol. The number of amides is 2. The number of carbonyl (C=O) groups excluding carboxylic acids is 1. The lowest BCUT2D eigenvalue weighted by atomic mass is 9.98. The maximum Gasteiger partial charge on any atom is 0.318 e. The summed E-state index contributed by atoms with van der Waals surface area (Å²) in [7, 11) is -4.02. The molecule has 3 heterocycles. The first-order chi connectivity index (χ1) is 16.0. The van der Waals surface area contributed by atoms with Crippen molar-refractivity contribution in [3.63, 3.8) is 0 Å². The van der Waals surface area contributed by atoms with Crippen LogP contribution >= 0.6 is 11.6 Å². The molecule has 2 atom stereocenters. The predicted octanol–water partition coefficient (Wildman–Crippen LogP) is 3.20. The monoisotopic (exact) mass is 516 g/mol. The quantitative estimate of drug-likeness (QED) is 0.652. The van der Waals surface area contributed by atoms with Crippen molar-refractivity contribution in [3.8, 4) is 11.6 Å². The van der Waals surface area contributed by atoms with Gasteiger partial charge in [-0.3, -0.25) is 0 Å². The van der Waals surface area contributed by atoms with Gasteiger partial charge in [0.05, 0.1) is 30.1 Å². The van der Waals surface area contributed by atoms with Gasteiger partial charge in [0, 0.05) is 0 Å². The van der Waals surface area contributed by atoms with Gasteiger partial charge in [0.2, 0.25) is 15.9 Å². The van der Waals surface area contributed by atoms with Gasteiger partial charge >= 0.3 is 6.03 Å². The molecule has 1 aromatic carbocycles. The van der Waals surface area contributed by atoms with Crippen LogP contribution in [0.25, 0.3) is 0 Å². The van der Waals surface area contributed by atoms with E-state index in [0.717, 1.165) is 4.90 Å². The van der Waals surface area contributed by atoms with Crippen LogP contribution in [0.4, 0.5) is 18.0 Å². The summed E-state index contributed by atoms with van der Waals surface area (Å²) in [6, 6.07) is 3.00. The molecule has 0 radical (unpaired) electrons. The average Bonchev–Trinajstić information content (AvgIpc) is 3.60. The molecule has 182 valence electrons. The molecule has 2 aliphatic heterocycles. The van der Waals surface area contributed by atoms with Crippen LogP contribution in [0.2, 0.25) is 5.02 Å². The molecule has 0 unspecified atom stereocenters. The Morgan fingerprint density at radius 1 is 1.24 bits per heavy atom. The number of hydrogen-bond donors (Lipinski definition) is 2. The molecule has 8 nitrogen and oxygen atoms in total. The number of fused-ring (bicyclic) bond motifs is 5. The molecule has 2 N–H and O–H groups in total. The van der Waals surface area contributed by atoms with E-state index in [0.29, 0.717) is 18.5 Å². The van der Waals surface area contributed by atoms with E-state index in [-0.39, 0.29) is 35.2 Å². The second-order valence-electron chi connectivity index (χ2n) is 8.58. The standard InChI is InChI=1S/C21H20ClF3N4O4S/c22-14-7-4-12-9-26-20(30)29-10-21(24,25)18(28-34(31,32)13-5-6-13)15(29)8-11-2-1-3-16(17(11)23)33-19(14)27-12/h1-4,7,13,15,18,28H,5-6,8-10H2,(H,26,30)/t15-,18+/m0/s1. The van der Waals surface area contributed by atoms with Crippen molar-refractivity contribution in [3.05, 3.63) is 52.4 Å². The van der Waals surface area contributed by atoms with Crippen LogP contribution in [0.5, 0.6) is 11.6 Å². The molecule has 5 rings (SSSR count). The van der Waals surface area contributed by atoms with E-state index >= 15 is 13.2 Å². The number of ether oxygens (including phenoxy) is 1. The molecule has 2 amide bonds. The zero-order valence-electron chi connectivity index (χ0n) is 17.6. The Balaban J connectivity index is 1.57. The zero-order chi connectivity index (χ0) is 24.3. The number of halogens is 4. The van der Waals surface area contributed by atoms with Gasteiger partial charge in [-0.1, -0.05) is 23.7 Å². The smallest absolute Gasteiger partial charge is 0.318 e. The number of carbonyl (C=O) groups is 1. The number of alkyl halides is 2. The summed E-state index contributed by atoms with van der Waals surface area (Å²) in [4.78, 5) is 18.0. The summed E-state index contributed by atoms with van der Waals surface area (Å²) < 4.78 is 78.2.